The molecule has 66 valence electrons. The predicted molar refractivity (Wildman–Crippen MR) is 43.4 cm³/mol. The van der Waals surface area contributed by atoms with Crippen molar-refractivity contribution in [3.63, 3.8) is 0 Å². The van der Waals surface area contributed by atoms with E-state index >= 15 is 0 Å². The first-order valence-electron chi connectivity index (χ1n) is 3.86. The Bertz CT molecular complexity index is 115. The van der Waals surface area contributed by atoms with Gasteiger partial charge in [-0.2, -0.15) is 0 Å². The first-order valence-corrected chi connectivity index (χ1v) is 3.86. The molecule has 0 unspecified atom stereocenters. The van der Waals surface area contributed by atoms with E-state index < -0.39 is 6.10 Å². The number of rotatable bonds is 4. The van der Waals surface area contributed by atoms with E-state index in [2.05, 4.69) is 10.6 Å². The highest BCUT2D eigenvalue weighted by molar-refractivity contribution is 5.73. The molecule has 0 aliphatic heterocycles. The molecule has 0 aromatic carbocycles. The molecular weight excluding hydrogens is 144 g/mol. The zero-order valence-corrected chi connectivity index (χ0v) is 7.05. The highest BCUT2D eigenvalue weighted by Crippen LogP contribution is 1.75. The van der Waals surface area contributed by atoms with Crippen LogP contribution in [0.5, 0.6) is 0 Å². The molecule has 2 amide bonds. The third-order valence-corrected chi connectivity index (χ3v) is 1.09. The normalized spacial score (nSPS) is 12.3. The van der Waals surface area contributed by atoms with Crippen molar-refractivity contribution in [2.75, 3.05) is 13.1 Å². The lowest BCUT2D eigenvalue weighted by Crippen LogP contribution is -2.39. The Balaban J connectivity index is 3.23. The van der Waals surface area contributed by atoms with E-state index in [-0.39, 0.29) is 6.03 Å². The lowest BCUT2D eigenvalue weighted by molar-refractivity contribution is 0.187. The summed E-state index contributed by atoms with van der Waals surface area (Å²) in [6.45, 7) is 4.58. The molecule has 0 saturated heterocycles. The van der Waals surface area contributed by atoms with Gasteiger partial charge in [-0.15, -0.1) is 0 Å². The summed E-state index contributed by atoms with van der Waals surface area (Å²) in [5, 5.41) is 13.9. The van der Waals surface area contributed by atoms with E-state index in [1.165, 1.54) is 0 Å². The predicted octanol–water partition coefficient (Wildman–Crippen LogP) is 0.0764. The number of carbonyl (C=O) groups excluding carboxylic acids is 1. The first-order chi connectivity index (χ1) is 5.16. The second kappa shape index (κ2) is 5.97. The lowest BCUT2D eigenvalue weighted by Gasteiger charge is -2.07. The highest BCUT2D eigenvalue weighted by atomic mass is 16.3. The highest BCUT2D eigenvalue weighted by Gasteiger charge is 1.99. The molecule has 3 N–H and O–H groups in total. The fourth-order valence-electron chi connectivity index (χ4n) is 0.541. The van der Waals surface area contributed by atoms with Gasteiger partial charge >= 0.3 is 6.03 Å². The van der Waals surface area contributed by atoms with Crippen LogP contribution in [0.4, 0.5) is 4.79 Å². The van der Waals surface area contributed by atoms with Crippen LogP contribution < -0.4 is 10.6 Å². The molecule has 0 fully saturated rings. The summed E-state index contributed by atoms with van der Waals surface area (Å²) in [7, 11) is 0. The van der Waals surface area contributed by atoms with E-state index in [0.29, 0.717) is 13.1 Å². The molecule has 0 aromatic rings. The fourth-order valence-corrected chi connectivity index (χ4v) is 0.541. The Morgan fingerprint density at radius 1 is 1.55 bits per heavy atom. The zero-order valence-electron chi connectivity index (χ0n) is 7.05. The van der Waals surface area contributed by atoms with Gasteiger partial charge in [0.25, 0.3) is 0 Å². The molecule has 0 saturated carbocycles. The molecule has 0 aliphatic rings. The molecule has 0 aromatic heterocycles. The fraction of sp³-hybridized carbons (Fsp3) is 0.857. The quantitative estimate of drug-likeness (QED) is 0.545. The number of nitrogens with one attached hydrogen (secondary N) is 2. The molecule has 1 atom stereocenters. The Kier molecular flexibility index (Phi) is 5.56. The van der Waals surface area contributed by atoms with Crippen molar-refractivity contribution in [2.45, 2.75) is 26.4 Å². The Labute approximate surface area is 67.0 Å². The smallest absolute Gasteiger partial charge is 0.314 e. The average Bonchev–Trinajstić information content (AvgIpc) is 1.97. The van der Waals surface area contributed by atoms with Crippen LogP contribution in [-0.2, 0) is 0 Å². The van der Waals surface area contributed by atoms with Gasteiger partial charge in [-0.3, -0.25) is 0 Å². The van der Waals surface area contributed by atoms with Crippen molar-refractivity contribution in [3.8, 4) is 0 Å². The Hall–Kier alpha value is -0.770. The van der Waals surface area contributed by atoms with E-state index in [1.807, 2.05) is 6.92 Å². The van der Waals surface area contributed by atoms with Crippen molar-refractivity contribution in [3.05, 3.63) is 0 Å². The molecule has 11 heavy (non-hydrogen) atoms. The van der Waals surface area contributed by atoms with Gasteiger partial charge in [0.1, 0.15) is 0 Å². The summed E-state index contributed by atoms with van der Waals surface area (Å²) < 4.78 is 0. The van der Waals surface area contributed by atoms with Crippen LogP contribution in [-0.4, -0.2) is 30.3 Å². The zero-order chi connectivity index (χ0) is 8.69. The molecule has 0 radical (unpaired) electrons. The molecule has 4 nitrogen and oxygen atoms in total. The van der Waals surface area contributed by atoms with E-state index in [1.54, 1.807) is 6.92 Å². The largest absolute Gasteiger partial charge is 0.392 e. The number of carbonyl (C=O) groups is 1. The molecule has 0 aliphatic carbocycles. The topological polar surface area (TPSA) is 61.4 Å². The molecule has 0 rings (SSSR count). The number of aliphatic hydroxyl groups is 1. The van der Waals surface area contributed by atoms with Gasteiger partial charge < -0.3 is 15.7 Å². The third kappa shape index (κ3) is 7.12. The summed E-state index contributed by atoms with van der Waals surface area (Å²) in [6, 6.07) is -0.215. The number of aliphatic hydroxyl groups excluding tert-OH is 1. The molecule has 0 heterocycles. The minimum atomic E-state index is -0.484. The van der Waals surface area contributed by atoms with Gasteiger partial charge in [0.15, 0.2) is 0 Å². The molecule has 0 bridgehead atoms. The minimum Gasteiger partial charge on any atom is -0.392 e. The van der Waals surface area contributed by atoms with Crippen LogP contribution in [0.25, 0.3) is 0 Å². The van der Waals surface area contributed by atoms with Crippen molar-refractivity contribution < 1.29 is 9.90 Å². The number of hydrogen-bond donors (Lipinski definition) is 3. The minimum absolute atomic E-state index is 0.215. The SMILES string of the molecule is CCCNC(=O)NC[C@H](C)O. The van der Waals surface area contributed by atoms with Gasteiger partial charge in [-0.1, -0.05) is 6.92 Å². The van der Waals surface area contributed by atoms with Gasteiger partial charge in [0, 0.05) is 13.1 Å². The average molecular weight is 160 g/mol. The second-order valence-electron chi connectivity index (χ2n) is 2.49. The van der Waals surface area contributed by atoms with E-state index in [9.17, 15) is 4.79 Å². The second-order valence-corrected chi connectivity index (χ2v) is 2.49. The lowest BCUT2D eigenvalue weighted by atomic mass is 10.4. The van der Waals surface area contributed by atoms with Gasteiger partial charge in [0.2, 0.25) is 0 Å². The summed E-state index contributed by atoms with van der Waals surface area (Å²) >= 11 is 0. The standard InChI is InChI=1S/C7H16N2O2/c1-3-4-8-7(11)9-5-6(2)10/h6,10H,3-5H2,1-2H3,(H2,8,9,11)/t6-/m0/s1. The van der Waals surface area contributed by atoms with Gasteiger partial charge in [0.05, 0.1) is 6.10 Å². The van der Waals surface area contributed by atoms with Crippen LogP contribution in [0.1, 0.15) is 20.3 Å². The molecule has 0 spiro atoms. The maximum absolute atomic E-state index is 10.8. The van der Waals surface area contributed by atoms with E-state index in [4.69, 9.17) is 5.11 Å². The summed E-state index contributed by atoms with van der Waals surface area (Å²) in [6.07, 6.45) is 0.435. The van der Waals surface area contributed by atoms with Crippen LogP contribution in [0.2, 0.25) is 0 Å². The number of urea groups is 1. The summed E-state index contributed by atoms with van der Waals surface area (Å²) in [5.41, 5.74) is 0. The van der Waals surface area contributed by atoms with Gasteiger partial charge in [-0.05, 0) is 13.3 Å². The first kappa shape index (κ1) is 10.2. The van der Waals surface area contributed by atoms with Crippen molar-refractivity contribution in [1.29, 1.82) is 0 Å². The third-order valence-electron chi connectivity index (χ3n) is 1.09. The van der Waals surface area contributed by atoms with Crippen molar-refractivity contribution >= 4 is 6.03 Å². The molecular formula is C7H16N2O2. The number of amides is 2. The maximum Gasteiger partial charge on any atom is 0.314 e. The van der Waals surface area contributed by atoms with Crippen LogP contribution in [0.15, 0.2) is 0 Å². The van der Waals surface area contributed by atoms with Crippen molar-refractivity contribution in [2.24, 2.45) is 0 Å². The monoisotopic (exact) mass is 160 g/mol. The molecule has 4 heteroatoms. The maximum atomic E-state index is 10.8. The summed E-state index contributed by atoms with van der Waals surface area (Å²) in [5.74, 6) is 0. The Morgan fingerprint density at radius 2 is 2.18 bits per heavy atom. The van der Waals surface area contributed by atoms with Crippen molar-refractivity contribution in [1.82, 2.24) is 10.6 Å². The van der Waals surface area contributed by atoms with Gasteiger partial charge in [-0.25, -0.2) is 4.79 Å². The summed E-state index contributed by atoms with van der Waals surface area (Å²) in [4.78, 5) is 10.8. The van der Waals surface area contributed by atoms with E-state index in [0.717, 1.165) is 6.42 Å². The van der Waals surface area contributed by atoms with Crippen LogP contribution in [0.3, 0.4) is 0 Å². The number of hydrogen-bond acceptors (Lipinski definition) is 2. The Morgan fingerprint density at radius 3 is 2.64 bits per heavy atom. The van der Waals surface area contributed by atoms with Crippen LogP contribution >= 0.6 is 0 Å². The van der Waals surface area contributed by atoms with Crippen LogP contribution in [0, 0.1) is 0 Å².